The van der Waals surface area contributed by atoms with E-state index in [-0.39, 0.29) is 11.6 Å². The van der Waals surface area contributed by atoms with E-state index in [4.69, 9.17) is 4.74 Å². The quantitative estimate of drug-likeness (QED) is 0.524. The van der Waals surface area contributed by atoms with Crippen molar-refractivity contribution in [3.05, 3.63) is 69.4 Å². The Bertz CT molecular complexity index is 978. The number of ether oxygens (including phenoxy) is 1. The summed E-state index contributed by atoms with van der Waals surface area (Å²) in [6, 6.07) is 10.3. The Labute approximate surface area is 150 Å². The second-order valence-electron chi connectivity index (χ2n) is 5.94. The van der Waals surface area contributed by atoms with Crippen molar-refractivity contribution < 1.29 is 14.5 Å². The SMILES string of the molecule is COc1ccc2[nH]cc(CCNC(=O)c3cccc([N+](=O)[O-])c3C)c2c1. The van der Waals surface area contributed by atoms with Crippen molar-refractivity contribution in [2.75, 3.05) is 13.7 Å². The van der Waals surface area contributed by atoms with Crippen LogP contribution in [-0.2, 0) is 6.42 Å². The summed E-state index contributed by atoms with van der Waals surface area (Å²) in [6.07, 6.45) is 2.54. The fourth-order valence-electron chi connectivity index (χ4n) is 2.96. The number of benzene rings is 2. The largest absolute Gasteiger partial charge is 0.497 e. The fourth-order valence-corrected chi connectivity index (χ4v) is 2.96. The molecule has 3 aromatic rings. The molecule has 1 aromatic heterocycles. The van der Waals surface area contributed by atoms with Gasteiger partial charge in [0.1, 0.15) is 5.75 Å². The van der Waals surface area contributed by atoms with Crippen LogP contribution in [0.25, 0.3) is 10.9 Å². The molecule has 0 radical (unpaired) electrons. The van der Waals surface area contributed by atoms with Gasteiger partial charge in [-0.15, -0.1) is 0 Å². The molecule has 1 heterocycles. The zero-order chi connectivity index (χ0) is 18.7. The van der Waals surface area contributed by atoms with Gasteiger partial charge >= 0.3 is 0 Å². The molecule has 0 bridgehead atoms. The normalized spacial score (nSPS) is 10.7. The summed E-state index contributed by atoms with van der Waals surface area (Å²) in [7, 11) is 1.62. The van der Waals surface area contributed by atoms with E-state index in [1.54, 1.807) is 20.1 Å². The molecule has 0 saturated carbocycles. The zero-order valence-electron chi connectivity index (χ0n) is 14.5. The lowest BCUT2D eigenvalue weighted by molar-refractivity contribution is -0.385. The third-order valence-electron chi connectivity index (χ3n) is 4.40. The van der Waals surface area contributed by atoms with Gasteiger partial charge in [-0.25, -0.2) is 0 Å². The number of carbonyl (C=O) groups excluding carboxylic acids is 1. The number of nitrogens with zero attached hydrogens (tertiary/aromatic N) is 1. The van der Waals surface area contributed by atoms with Crippen LogP contribution in [-0.4, -0.2) is 29.5 Å². The first-order valence-corrected chi connectivity index (χ1v) is 8.17. The molecule has 7 heteroatoms. The van der Waals surface area contributed by atoms with Gasteiger partial charge in [0.15, 0.2) is 0 Å². The number of methoxy groups -OCH3 is 1. The molecular formula is C19H19N3O4. The molecule has 0 aliphatic rings. The van der Waals surface area contributed by atoms with Gasteiger partial charge in [-0.2, -0.15) is 0 Å². The summed E-state index contributed by atoms with van der Waals surface area (Å²) >= 11 is 0. The van der Waals surface area contributed by atoms with Crippen LogP contribution in [0.15, 0.2) is 42.6 Å². The number of amides is 1. The monoisotopic (exact) mass is 353 g/mol. The molecule has 0 saturated heterocycles. The first-order chi connectivity index (χ1) is 12.5. The molecule has 0 unspecified atom stereocenters. The van der Waals surface area contributed by atoms with Crippen LogP contribution < -0.4 is 10.1 Å². The minimum atomic E-state index is -0.481. The number of rotatable bonds is 6. The van der Waals surface area contributed by atoms with E-state index in [1.165, 1.54) is 12.1 Å². The number of hydrogen-bond acceptors (Lipinski definition) is 4. The van der Waals surface area contributed by atoms with E-state index in [9.17, 15) is 14.9 Å². The van der Waals surface area contributed by atoms with E-state index in [0.29, 0.717) is 24.1 Å². The lowest BCUT2D eigenvalue weighted by Gasteiger charge is -2.08. The van der Waals surface area contributed by atoms with Crippen molar-refractivity contribution in [3.63, 3.8) is 0 Å². The lowest BCUT2D eigenvalue weighted by Crippen LogP contribution is -2.26. The number of fused-ring (bicyclic) bond motifs is 1. The highest BCUT2D eigenvalue weighted by atomic mass is 16.6. The van der Waals surface area contributed by atoms with Crippen molar-refractivity contribution in [1.82, 2.24) is 10.3 Å². The molecular weight excluding hydrogens is 334 g/mol. The van der Waals surface area contributed by atoms with E-state index in [2.05, 4.69) is 10.3 Å². The minimum absolute atomic E-state index is 0.0543. The molecule has 2 N–H and O–H groups in total. The van der Waals surface area contributed by atoms with Crippen LogP contribution in [0, 0.1) is 17.0 Å². The van der Waals surface area contributed by atoms with Gasteiger partial charge in [-0.05, 0) is 43.2 Å². The second-order valence-corrected chi connectivity index (χ2v) is 5.94. The first-order valence-electron chi connectivity index (χ1n) is 8.17. The van der Waals surface area contributed by atoms with Crippen molar-refractivity contribution in [1.29, 1.82) is 0 Å². The number of hydrogen-bond donors (Lipinski definition) is 2. The predicted octanol–water partition coefficient (Wildman–Crippen LogP) is 3.37. The molecule has 26 heavy (non-hydrogen) atoms. The lowest BCUT2D eigenvalue weighted by atomic mass is 10.1. The smallest absolute Gasteiger partial charge is 0.273 e. The summed E-state index contributed by atoms with van der Waals surface area (Å²) in [5, 5.41) is 14.9. The number of nitro groups is 1. The molecule has 0 spiro atoms. The number of aromatic nitrogens is 1. The van der Waals surface area contributed by atoms with Gasteiger partial charge in [-0.3, -0.25) is 14.9 Å². The highest BCUT2D eigenvalue weighted by molar-refractivity contribution is 5.96. The van der Waals surface area contributed by atoms with Gasteiger partial charge in [-0.1, -0.05) is 6.07 Å². The highest BCUT2D eigenvalue weighted by Gasteiger charge is 2.17. The third-order valence-corrected chi connectivity index (χ3v) is 4.40. The van der Waals surface area contributed by atoms with Crippen LogP contribution in [0.1, 0.15) is 21.5 Å². The van der Waals surface area contributed by atoms with Gasteiger partial charge in [0.25, 0.3) is 11.6 Å². The Hall–Kier alpha value is -3.35. The summed E-state index contributed by atoms with van der Waals surface area (Å²) in [5.74, 6) is 0.457. The molecule has 0 aliphatic heterocycles. The number of nitrogens with one attached hydrogen (secondary N) is 2. The maximum Gasteiger partial charge on any atom is 0.273 e. The minimum Gasteiger partial charge on any atom is -0.497 e. The Kier molecular flexibility index (Phi) is 4.88. The molecule has 7 nitrogen and oxygen atoms in total. The Morgan fingerprint density at radius 3 is 2.85 bits per heavy atom. The van der Waals surface area contributed by atoms with E-state index >= 15 is 0 Å². The van der Waals surface area contributed by atoms with Gasteiger partial charge < -0.3 is 15.0 Å². The number of nitro benzene ring substituents is 1. The van der Waals surface area contributed by atoms with Gasteiger partial charge in [0, 0.05) is 40.8 Å². The fraction of sp³-hybridized carbons (Fsp3) is 0.211. The number of aromatic amines is 1. The summed E-state index contributed by atoms with van der Waals surface area (Å²) < 4.78 is 5.25. The Morgan fingerprint density at radius 1 is 1.31 bits per heavy atom. The predicted molar refractivity (Wildman–Crippen MR) is 98.7 cm³/mol. The summed E-state index contributed by atoms with van der Waals surface area (Å²) in [5.41, 5.74) is 2.70. The second kappa shape index (κ2) is 7.26. The van der Waals surface area contributed by atoms with Crippen molar-refractivity contribution >= 4 is 22.5 Å². The molecule has 2 aromatic carbocycles. The maximum absolute atomic E-state index is 12.4. The molecule has 0 aliphatic carbocycles. The van der Waals surface area contributed by atoms with Crippen molar-refractivity contribution in [3.8, 4) is 5.75 Å². The van der Waals surface area contributed by atoms with Crippen molar-refractivity contribution in [2.24, 2.45) is 0 Å². The van der Waals surface area contributed by atoms with Crippen LogP contribution in [0.3, 0.4) is 0 Å². The highest BCUT2D eigenvalue weighted by Crippen LogP contribution is 2.24. The molecule has 0 fully saturated rings. The Morgan fingerprint density at radius 2 is 2.12 bits per heavy atom. The van der Waals surface area contributed by atoms with Crippen LogP contribution in [0.2, 0.25) is 0 Å². The van der Waals surface area contributed by atoms with Crippen LogP contribution in [0.5, 0.6) is 5.75 Å². The molecule has 1 amide bonds. The summed E-state index contributed by atoms with van der Waals surface area (Å²) in [6.45, 7) is 2.00. The average molecular weight is 353 g/mol. The van der Waals surface area contributed by atoms with Crippen LogP contribution >= 0.6 is 0 Å². The van der Waals surface area contributed by atoms with E-state index < -0.39 is 4.92 Å². The zero-order valence-corrected chi connectivity index (χ0v) is 14.5. The van der Waals surface area contributed by atoms with Gasteiger partial charge in [0.2, 0.25) is 0 Å². The standard InChI is InChI=1S/C19H19N3O4/c1-12-15(4-3-5-18(12)22(24)25)19(23)20-9-8-13-11-21-17-7-6-14(26-2)10-16(13)17/h3-7,10-11,21H,8-9H2,1-2H3,(H,20,23). The topological polar surface area (TPSA) is 97.3 Å². The average Bonchev–Trinajstić information content (AvgIpc) is 3.03. The summed E-state index contributed by atoms with van der Waals surface area (Å²) in [4.78, 5) is 26.1. The van der Waals surface area contributed by atoms with E-state index in [1.807, 2.05) is 24.4 Å². The Balaban J connectivity index is 1.70. The molecule has 134 valence electrons. The van der Waals surface area contributed by atoms with E-state index in [0.717, 1.165) is 22.2 Å². The third kappa shape index (κ3) is 3.37. The molecule has 3 rings (SSSR count). The number of carbonyl (C=O) groups is 1. The molecule has 0 atom stereocenters. The van der Waals surface area contributed by atoms with Crippen molar-refractivity contribution in [2.45, 2.75) is 13.3 Å². The van der Waals surface area contributed by atoms with Gasteiger partial charge in [0.05, 0.1) is 12.0 Å². The first kappa shape index (κ1) is 17.5. The van der Waals surface area contributed by atoms with Crippen LogP contribution in [0.4, 0.5) is 5.69 Å². The number of H-pyrrole nitrogens is 1. The maximum atomic E-state index is 12.4.